The maximum Gasteiger partial charge on any atom is 0.159 e. The first-order valence-corrected chi connectivity index (χ1v) is 7.26. The number of hydrogen-bond acceptors (Lipinski definition) is 3. The van der Waals surface area contributed by atoms with E-state index in [4.69, 9.17) is 16.3 Å². The number of fused-ring (bicyclic) bond motifs is 1. The van der Waals surface area contributed by atoms with Crippen LogP contribution in [0.3, 0.4) is 0 Å². The van der Waals surface area contributed by atoms with Crippen molar-refractivity contribution in [1.29, 1.82) is 0 Å². The van der Waals surface area contributed by atoms with Crippen LogP contribution in [0.25, 0.3) is 10.9 Å². The van der Waals surface area contributed by atoms with Crippen LogP contribution in [0.5, 0.6) is 5.75 Å². The Morgan fingerprint density at radius 2 is 2.37 bits per heavy atom. The number of nitrogens with one attached hydrogen (secondary N) is 1. The van der Waals surface area contributed by atoms with Crippen LogP contribution >= 0.6 is 34.2 Å². The molecule has 19 heavy (non-hydrogen) atoms. The summed E-state index contributed by atoms with van der Waals surface area (Å²) in [4.78, 5) is 4.37. The van der Waals surface area contributed by atoms with Gasteiger partial charge in [0.25, 0.3) is 0 Å². The summed E-state index contributed by atoms with van der Waals surface area (Å²) in [6.07, 6.45) is 1.74. The van der Waals surface area contributed by atoms with E-state index < -0.39 is 0 Å². The number of pyridine rings is 1. The van der Waals surface area contributed by atoms with Crippen LogP contribution < -0.4 is 10.1 Å². The molecule has 0 atom stereocenters. The molecule has 0 radical (unpaired) electrons. The molecule has 1 aromatic carbocycles. The number of halogens is 2. The Bertz CT molecular complexity index is 616. The summed E-state index contributed by atoms with van der Waals surface area (Å²) in [5, 5.41) is 4.64. The molecule has 0 saturated carbocycles. The third-order valence-electron chi connectivity index (χ3n) is 2.60. The summed E-state index contributed by atoms with van der Waals surface area (Å²) < 4.78 is 6.80. The lowest BCUT2D eigenvalue weighted by Gasteiger charge is -2.13. The number of benzene rings is 1. The molecule has 0 bridgehead atoms. The predicted octanol–water partition coefficient (Wildman–Crippen LogP) is 3.65. The van der Waals surface area contributed by atoms with Crippen LogP contribution in [0, 0.1) is 3.57 Å². The van der Waals surface area contributed by atoms with Gasteiger partial charge in [-0.3, -0.25) is 4.98 Å². The fourth-order valence-electron chi connectivity index (χ4n) is 1.76. The highest BCUT2D eigenvalue weighted by atomic mass is 127. The molecule has 0 spiro atoms. The molecule has 100 valence electrons. The first-order chi connectivity index (χ1) is 9.13. The molecule has 2 rings (SSSR count). The minimum Gasteiger partial charge on any atom is -0.486 e. The second-order valence-corrected chi connectivity index (χ2v) is 5.71. The van der Waals surface area contributed by atoms with E-state index in [0.717, 1.165) is 32.3 Å². The van der Waals surface area contributed by atoms with Gasteiger partial charge in [0, 0.05) is 18.1 Å². The molecule has 0 saturated heterocycles. The molecular formula is C14H14ClIN2O. The molecule has 0 aliphatic heterocycles. The van der Waals surface area contributed by atoms with Crippen molar-refractivity contribution in [2.75, 3.05) is 20.2 Å². The van der Waals surface area contributed by atoms with Gasteiger partial charge in [0.15, 0.2) is 5.75 Å². The van der Waals surface area contributed by atoms with Gasteiger partial charge >= 0.3 is 0 Å². The Hall–Kier alpha value is -0.850. The lowest BCUT2D eigenvalue weighted by molar-refractivity contribution is 0.350. The van der Waals surface area contributed by atoms with Gasteiger partial charge in [0.1, 0.15) is 12.1 Å². The van der Waals surface area contributed by atoms with Gasteiger partial charge in [-0.05, 0) is 53.4 Å². The topological polar surface area (TPSA) is 34.1 Å². The van der Waals surface area contributed by atoms with E-state index in [1.807, 2.05) is 25.2 Å². The molecule has 0 fully saturated rings. The molecule has 1 N–H and O–H groups in total. The molecule has 0 amide bonds. The Balaban J connectivity index is 2.34. The average molecular weight is 389 g/mol. The third-order valence-corrected chi connectivity index (χ3v) is 3.71. The van der Waals surface area contributed by atoms with Crippen LogP contribution in [0.2, 0.25) is 5.02 Å². The fraction of sp³-hybridized carbons (Fsp3) is 0.214. The van der Waals surface area contributed by atoms with E-state index in [9.17, 15) is 0 Å². The summed E-state index contributed by atoms with van der Waals surface area (Å²) in [7, 11) is 1.88. The minimum atomic E-state index is 0.462. The van der Waals surface area contributed by atoms with Gasteiger partial charge in [-0.1, -0.05) is 18.2 Å². The van der Waals surface area contributed by atoms with Crippen molar-refractivity contribution in [1.82, 2.24) is 10.3 Å². The molecule has 0 aliphatic rings. The SMILES string of the molecule is C=C(CNC)COc1c(I)cc(Cl)c2cccnc12. The van der Waals surface area contributed by atoms with Gasteiger partial charge in [-0.2, -0.15) is 0 Å². The zero-order chi connectivity index (χ0) is 13.8. The molecule has 2 aromatic rings. The Labute approximate surface area is 131 Å². The van der Waals surface area contributed by atoms with E-state index in [2.05, 4.69) is 39.5 Å². The minimum absolute atomic E-state index is 0.462. The quantitative estimate of drug-likeness (QED) is 0.627. The van der Waals surface area contributed by atoms with Crippen LogP contribution in [0.4, 0.5) is 0 Å². The molecule has 1 heterocycles. The number of aromatic nitrogens is 1. The van der Waals surface area contributed by atoms with Crippen molar-refractivity contribution >= 4 is 45.1 Å². The fourth-order valence-corrected chi connectivity index (χ4v) is 2.93. The highest BCUT2D eigenvalue weighted by Crippen LogP contribution is 2.34. The molecule has 0 unspecified atom stereocenters. The second-order valence-electron chi connectivity index (χ2n) is 4.14. The molecule has 0 aliphatic carbocycles. The molecular weight excluding hydrogens is 375 g/mol. The van der Waals surface area contributed by atoms with Crippen molar-refractivity contribution in [2.45, 2.75) is 0 Å². The number of hydrogen-bond donors (Lipinski definition) is 1. The van der Waals surface area contributed by atoms with Crippen molar-refractivity contribution < 1.29 is 4.74 Å². The van der Waals surface area contributed by atoms with Gasteiger partial charge in [-0.15, -0.1) is 0 Å². The highest BCUT2D eigenvalue weighted by molar-refractivity contribution is 14.1. The van der Waals surface area contributed by atoms with E-state index >= 15 is 0 Å². The smallest absolute Gasteiger partial charge is 0.159 e. The summed E-state index contributed by atoms with van der Waals surface area (Å²) in [5.74, 6) is 0.762. The number of rotatable bonds is 5. The number of likely N-dealkylation sites (N-methyl/N-ethyl adjacent to an activating group) is 1. The second kappa shape index (κ2) is 6.54. The van der Waals surface area contributed by atoms with E-state index in [0.29, 0.717) is 11.6 Å². The average Bonchev–Trinajstić information content (AvgIpc) is 2.39. The van der Waals surface area contributed by atoms with Gasteiger partial charge in [0.2, 0.25) is 0 Å². The first-order valence-electron chi connectivity index (χ1n) is 5.80. The zero-order valence-electron chi connectivity index (χ0n) is 10.5. The standard InChI is InChI=1S/C14H14ClIN2O/c1-9(7-17-2)8-19-14-12(16)6-11(15)10-4-3-5-18-13(10)14/h3-6,17H,1,7-8H2,2H3. The van der Waals surface area contributed by atoms with Crippen LogP contribution in [-0.4, -0.2) is 25.2 Å². The summed E-state index contributed by atoms with van der Waals surface area (Å²) in [6, 6.07) is 5.70. The van der Waals surface area contributed by atoms with Crippen molar-refractivity contribution in [2.24, 2.45) is 0 Å². The lowest BCUT2D eigenvalue weighted by atomic mass is 10.2. The van der Waals surface area contributed by atoms with Crippen molar-refractivity contribution in [3.05, 3.63) is 45.1 Å². The van der Waals surface area contributed by atoms with Gasteiger partial charge in [-0.25, -0.2) is 0 Å². The van der Waals surface area contributed by atoms with Crippen LogP contribution in [0.1, 0.15) is 0 Å². The van der Waals surface area contributed by atoms with E-state index in [1.54, 1.807) is 6.20 Å². The largest absolute Gasteiger partial charge is 0.486 e. The molecule has 3 nitrogen and oxygen atoms in total. The van der Waals surface area contributed by atoms with Crippen molar-refractivity contribution in [3.8, 4) is 5.75 Å². The number of ether oxygens (including phenoxy) is 1. The van der Waals surface area contributed by atoms with E-state index in [-0.39, 0.29) is 0 Å². The maximum atomic E-state index is 6.22. The number of nitrogens with zero attached hydrogens (tertiary/aromatic N) is 1. The normalized spacial score (nSPS) is 10.7. The maximum absolute atomic E-state index is 6.22. The summed E-state index contributed by atoms with van der Waals surface area (Å²) in [6.45, 7) is 5.14. The Morgan fingerprint density at radius 1 is 1.58 bits per heavy atom. The monoisotopic (exact) mass is 388 g/mol. The van der Waals surface area contributed by atoms with Crippen LogP contribution in [-0.2, 0) is 0 Å². The van der Waals surface area contributed by atoms with Crippen LogP contribution in [0.15, 0.2) is 36.5 Å². The third kappa shape index (κ3) is 3.38. The Morgan fingerprint density at radius 3 is 3.11 bits per heavy atom. The van der Waals surface area contributed by atoms with Crippen molar-refractivity contribution in [3.63, 3.8) is 0 Å². The van der Waals surface area contributed by atoms with E-state index in [1.165, 1.54) is 0 Å². The predicted molar refractivity (Wildman–Crippen MR) is 88.0 cm³/mol. The van der Waals surface area contributed by atoms with Gasteiger partial charge < -0.3 is 10.1 Å². The summed E-state index contributed by atoms with van der Waals surface area (Å²) in [5.41, 5.74) is 1.77. The molecule has 1 aromatic heterocycles. The van der Waals surface area contributed by atoms with Gasteiger partial charge in [0.05, 0.1) is 8.59 Å². The lowest BCUT2D eigenvalue weighted by Crippen LogP contribution is -2.15. The first kappa shape index (κ1) is 14.6. The molecule has 5 heteroatoms. The summed E-state index contributed by atoms with van der Waals surface area (Å²) >= 11 is 8.43. The highest BCUT2D eigenvalue weighted by Gasteiger charge is 2.12. The Kier molecular flexibility index (Phi) is 5.01. The zero-order valence-corrected chi connectivity index (χ0v) is 13.5.